The Hall–Kier alpha value is -1.36. The van der Waals surface area contributed by atoms with Crippen LogP contribution in [0.4, 0.5) is 0 Å². The highest BCUT2D eigenvalue weighted by Crippen LogP contribution is 2.31. The number of aromatic hydroxyl groups is 1. The number of aliphatic hydroxyl groups is 1. The summed E-state index contributed by atoms with van der Waals surface area (Å²) in [6, 6.07) is 15.1. The predicted octanol–water partition coefficient (Wildman–Crippen LogP) is 3.93. The number of phenolic OH excluding ortho intramolecular Hbond substituents is 1. The molecule has 0 saturated carbocycles. The standard InChI is InChI=1S/C17H20BrNO2/c1-2-15(14-10-13(18)8-9-17(14)21)19-16(11-20)12-6-4-3-5-7-12/h3-10,15-16,19-21H,2,11H2,1H3/t15?,16-/m1/s1. The van der Waals surface area contributed by atoms with E-state index in [-0.39, 0.29) is 24.4 Å². The fraction of sp³-hybridized carbons (Fsp3) is 0.294. The van der Waals surface area contributed by atoms with Crippen molar-refractivity contribution in [1.82, 2.24) is 5.32 Å². The molecule has 3 N–H and O–H groups in total. The van der Waals surface area contributed by atoms with Crippen LogP contribution >= 0.6 is 15.9 Å². The molecule has 112 valence electrons. The van der Waals surface area contributed by atoms with Crippen LogP contribution in [0.3, 0.4) is 0 Å². The molecule has 2 atom stereocenters. The summed E-state index contributed by atoms with van der Waals surface area (Å²) in [5.74, 6) is 0.266. The zero-order chi connectivity index (χ0) is 15.2. The fourth-order valence-corrected chi connectivity index (χ4v) is 2.79. The van der Waals surface area contributed by atoms with Crippen molar-refractivity contribution < 1.29 is 10.2 Å². The first-order chi connectivity index (χ1) is 10.2. The highest BCUT2D eigenvalue weighted by Gasteiger charge is 2.19. The minimum atomic E-state index is -0.158. The molecule has 0 aliphatic carbocycles. The number of aliphatic hydroxyl groups excluding tert-OH is 1. The topological polar surface area (TPSA) is 52.5 Å². The van der Waals surface area contributed by atoms with E-state index in [1.807, 2.05) is 42.5 Å². The average Bonchev–Trinajstić information content (AvgIpc) is 2.52. The molecule has 0 bridgehead atoms. The van der Waals surface area contributed by atoms with E-state index in [1.165, 1.54) is 0 Å². The SMILES string of the molecule is CCC(N[C@H](CO)c1ccccc1)c1cc(Br)ccc1O. The van der Waals surface area contributed by atoms with Gasteiger partial charge in [-0.15, -0.1) is 0 Å². The largest absolute Gasteiger partial charge is 0.508 e. The maximum atomic E-state index is 10.1. The molecule has 21 heavy (non-hydrogen) atoms. The zero-order valence-corrected chi connectivity index (χ0v) is 13.5. The van der Waals surface area contributed by atoms with Gasteiger partial charge in [0.25, 0.3) is 0 Å². The molecule has 0 heterocycles. The van der Waals surface area contributed by atoms with Crippen LogP contribution in [-0.4, -0.2) is 16.8 Å². The Bertz CT molecular complexity index is 574. The van der Waals surface area contributed by atoms with Gasteiger partial charge in [-0.2, -0.15) is 0 Å². The normalized spacial score (nSPS) is 13.9. The molecular formula is C17H20BrNO2. The quantitative estimate of drug-likeness (QED) is 0.740. The molecule has 0 aliphatic rings. The zero-order valence-electron chi connectivity index (χ0n) is 12.0. The summed E-state index contributed by atoms with van der Waals surface area (Å²) in [6.07, 6.45) is 0.813. The number of phenols is 1. The Morgan fingerprint density at radius 3 is 2.43 bits per heavy atom. The summed E-state index contributed by atoms with van der Waals surface area (Å²) in [5.41, 5.74) is 1.87. The third-order valence-electron chi connectivity index (χ3n) is 3.56. The van der Waals surface area contributed by atoms with Crippen LogP contribution < -0.4 is 5.32 Å². The van der Waals surface area contributed by atoms with E-state index in [9.17, 15) is 10.2 Å². The lowest BCUT2D eigenvalue weighted by molar-refractivity contribution is 0.231. The van der Waals surface area contributed by atoms with Gasteiger partial charge in [0.15, 0.2) is 0 Å². The second kappa shape index (κ2) is 7.59. The molecule has 0 radical (unpaired) electrons. The van der Waals surface area contributed by atoms with E-state index >= 15 is 0 Å². The number of hydrogen-bond acceptors (Lipinski definition) is 3. The van der Waals surface area contributed by atoms with Crippen LogP contribution in [0.2, 0.25) is 0 Å². The fourth-order valence-electron chi connectivity index (χ4n) is 2.41. The Kier molecular flexibility index (Phi) is 5.79. The van der Waals surface area contributed by atoms with Gasteiger partial charge in [-0.25, -0.2) is 0 Å². The van der Waals surface area contributed by atoms with E-state index in [0.29, 0.717) is 0 Å². The van der Waals surface area contributed by atoms with Crippen molar-refractivity contribution in [1.29, 1.82) is 0 Å². The maximum Gasteiger partial charge on any atom is 0.120 e. The molecular weight excluding hydrogens is 330 g/mol. The highest BCUT2D eigenvalue weighted by molar-refractivity contribution is 9.10. The third-order valence-corrected chi connectivity index (χ3v) is 4.05. The molecule has 2 rings (SSSR count). The summed E-state index contributed by atoms with van der Waals surface area (Å²) in [7, 11) is 0. The Morgan fingerprint density at radius 2 is 1.81 bits per heavy atom. The minimum Gasteiger partial charge on any atom is -0.508 e. The van der Waals surface area contributed by atoms with Gasteiger partial charge < -0.3 is 15.5 Å². The summed E-state index contributed by atoms with van der Waals surface area (Å²) in [6.45, 7) is 2.06. The first-order valence-electron chi connectivity index (χ1n) is 7.06. The molecule has 0 spiro atoms. The molecule has 0 saturated heterocycles. The molecule has 0 amide bonds. The van der Waals surface area contributed by atoms with Crippen molar-refractivity contribution in [3.63, 3.8) is 0 Å². The second-order valence-corrected chi connectivity index (χ2v) is 5.89. The van der Waals surface area contributed by atoms with E-state index < -0.39 is 0 Å². The lowest BCUT2D eigenvalue weighted by Gasteiger charge is -2.25. The molecule has 4 heteroatoms. The van der Waals surface area contributed by atoms with E-state index in [1.54, 1.807) is 6.07 Å². The van der Waals surface area contributed by atoms with E-state index in [2.05, 4.69) is 28.2 Å². The number of nitrogens with one attached hydrogen (secondary N) is 1. The lowest BCUT2D eigenvalue weighted by Crippen LogP contribution is -2.28. The smallest absolute Gasteiger partial charge is 0.120 e. The molecule has 1 unspecified atom stereocenters. The second-order valence-electron chi connectivity index (χ2n) is 4.98. The lowest BCUT2D eigenvalue weighted by atomic mass is 10.00. The van der Waals surface area contributed by atoms with Gasteiger partial charge in [-0.3, -0.25) is 0 Å². The average molecular weight is 350 g/mol. The van der Waals surface area contributed by atoms with Crippen molar-refractivity contribution in [3.8, 4) is 5.75 Å². The monoisotopic (exact) mass is 349 g/mol. The van der Waals surface area contributed by atoms with Crippen molar-refractivity contribution in [3.05, 3.63) is 64.1 Å². The van der Waals surface area contributed by atoms with Crippen molar-refractivity contribution >= 4 is 15.9 Å². The summed E-state index contributed by atoms with van der Waals surface area (Å²) >= 11 is 3.43. The Labute approximate surface area is 133 Å². The van der Waals surface area contributed by atoms with Crippen molar-refractivity contribution in [2.75, 3.05) is 6.61 Å². The summed E-state index contributed by atoms with van der Waals surface area (Å²) < 4.78 is 0.927. The number of rotatable bonds is 6. The van der Waals surface area contributed by atoms with Gasteiger partial charge in [0, 0.05) is 16.1 Å². The van der Waals surface area contributed by atoms with Crippen LogP contribution in [-0.2, 0) is 0 Å². The van der Waals surface area contributed by atoms with Gasteiger partial charge in [-0.05, 0) is 30.2 Å². The molecule has 0 fully saturated rings. The van der Waals surface area contributed by atoms with Gasteiger partial charge in [0.05, 0.1) is 12.6 Å². The highest BCUT2D eigenvalue weighted by atomic mass is 79.9. The maximum absolute atomic E-state index is 10.1. The summed E-state index contributed by atoms with van der Waals surface area (Å²) in [5, 5.41) is 23.2. The van der Waals surface area contributed by atoms with E-state index in [4.69, 9.17) is 0 Å². The van der Waals surface area contributed by atoms with Crippen LogP contribution in [0.15, 0.2) is 53.0 Å². The van der Waals surface area contributed by atoms with Gasteiger partial charge in [-0.1, -0.05) is 53.2 Å². The van der Waals surface area contributed by atoms with Crippen LogP contribution in [0.25, 0.3) is 0 Å². The molecule has 0 aliphatic heterocycles. The van der Waals surface area contributed by atoms with Gasteiger partial charge in [0.1, 0.15) is 5.75 Å². The first kappa shape index (κ1) is 16.0. The van der Waals surface area contributed by atoms with Crippen LogP contribution in [0.5, 0.6) is 5.75 Å². The van der Waals surface area contributed by atoms with Gasteiger partial charge >= 0.3 is 0 Å². The predicted molar refractivity (Wildman–Crippen MR) is 88.2 cm³/mol. The number of halogens is 1. The van der Waals surface area contributed by atoms with Crippen molar-refractivity contribution in [2.45, 2.75) is 25.4 Å². The van der Waals surface area contributed by atoms with Gasteiger partial charge in [0.2, 0.25) is 0 Å². The first-order valence-corrected chi connectivity index (χ1v) is 7.85. The minimum absolute atomic E-state index is 0.00920. The van der Waals surface area contributed by atoms with E-state index in [0.717, 1.165) is 22.0 Å². The van der Waals surface area contributed by atoms with Crippen LogP contribution in [0.1, 0.15) is 36.6 Å². The molecule has 0 aromatic heterocycles. The number of hydrogen-bond donors (Lipinski definition) is 3. The molecule has 3 nitrogen and oxygen atoms in total. The summed E-state index contributed by atoms with van der Waals surface area (Å²) in [4.78, 5) is 0. The Balaban J connectivity index is 2.23. The number of benzene rings is 2. The van der Waals surface area contributed by atoms with Crippen LogP contribution in [0, 0.1) is 0 Å². The third kappa shape index (κ3) is 4.06. The Morgan fingerprint density at radius 1 is 1.10 bits per heavy atom. The van der Waals surface area contributed by atoms with Crippen molar-refractivity contribution in [2.24, 2.45) is 0 Å². The molecule has 2 aromatic rings. The molecule has 2 aromatic carbocycles.